The standard InChI is InChI=1S/C8H17NO2S/c1-3-5-6-7-8(4-2)12(9,10)11/h4,8H,2-3,5-7H2,1H3,(H2,9,10,11). The topological polar surface area (TPSA) is 60.2 Å². The predicted octanol–water partition coefficient (Wildman–Crippen LogP) is 1.41. The molecule has 0 saturated carbocycles. The van der Waals surface area contributed by atoms with Crippen molar-refractivity contribution >= 4 is 10.0 Å². The number of hydrogen-bond acceptors (Lipinski definition) is 2. The Balaban J connectivity index is 3.94. The quantitative estimate of drug-likeness (QED) is 0.509. The molecule has 0 aromatic heterocycles. The molecule has 1 atom stereocenters. The molecule has 0 spiro atoms. The number of nitrogens with two attached hydrogens (primary N) is 1. The first kappa shape index (κ1) is 11.6. The van der Waals surface area contributed by atoms with Gasteiger partial charge >= 0.3 is 0 Å². The van der Waals surface area contributed by atoms with Crippen molar-refractivity contribution in [2.45, 2.75) is 37.9 Å². The van der Waals surface area contributed by atoms with Crippen molar-refractivity contribution in [3.05, 3.63) is 12.7 Å². The van der Waals surface area contributed by atoms with Crippen LogP contribution in [0, 0.1) is 0 Å². The molecule has 72 valence electrons. The van der Waals surface area contributed by atoms with Crippen LogP contribution < -0.4 is 5.14 Å². The zero-order valence-corrected chi connectivity index (χ0v) is 8.31. The third-order valence-electron chi connectivity index (χ3n) is 1.78. The Morgan fingerprint density at radius 3 is 2.42 bits per heavy atom. The van der Waals surface area contributed by atoms with Crippen LogP contribution in [0.2, 0.25) is 0 Å². The third-order valence-corrected chi connectivity index (χ3v) is 3.05. The summed E-state index contributed by atoms with van der Waals surface area (Å²) in [4.78, 5) is 0. The summed E-state index contributed by atoms with van der Waals surface area (Å²) in [5.74, 6) is 0. The van der Waals surface area contributed by atoms with Crippen LogP contribution >= 0.6 is 0 Å². The number of sulfonamides is 1. The average molecular weight is 191 g/mol. The first-order chi connectivity index (χ1) is 5.52. The van der Waals surface area contributed by atoms with Gasteiger partial charge in [0.15, 0.2) is 0 Å². The molecule has 12 heavy (non-hydrogen) atoms. The van der Waals surface area contributed by atoms with E-state index in [1.54, 1.807) is 0 Å². The summed E-state index contributed by atoms with van der Waals surface area (Å²) in [6.07, 6.45) is 5.01. The van der Waals surface area contributed by atoms with Gasteiger partial charge in [-0.05, 0) is 6.42 Å². The molecule has 0 fully saturated rings. The number of rotatable bonds is 6. The van der Waals surface area contributed by atoms with E-state index in [0.29, 0.717) is 6.42 Å². The number of primary sulfonamides is 1. The van der Waals surface area contributed by atoms with Crippen molar-refractivity contribution in [2.75, 3.05) is 0 Å². The van der Waals surface area contributed by atoms with Crippen LogP contribution in [0.15, 0.2) is 12.7 Å². The van der Waals surface area contributed by atoms with E-state index < -0.39 is 15.3 Å². The van der Waals surface area contributed by atoms with Crippen LogP contribution in [0.5, 0.6) is 0 Å². The van der Waals surface area contributed by atoms with Crippen molar-refractivity contribution in [1.82, 2.24) is 0 Å². The molecule has 0 heterocycles. The van der Waals surface area contributed by atoms with E-state index in [9.17, 15) is 8.42 Å². The summed E-state index contributed by atoms with van der Waals surface area (Å²) in [5, 5.41) is 4.41. The molecule has 0 rings (SSSR count). The Morgan fingerprint density at radius 2 is 2.08 bits per heavy atom. The summed E-state index contributed by atoms with van der Waals surface area (Å²) in [6.45, 7) is 5.52. The fourth-order valence-corrected chi connectivity index (χ4v) is 1.78. The van der Waals surface area contributed by atoms with E-state index >= 15 is 0 Å². The lowest BCUT2D eigenvalue weighted by Crippen LogP contribution is -2.26. The van der Waals surface area contributed by atoms with Crippen LogP contribution in [0.4, 0.5) is 0 Å². The Labute approximate surface area is 74.7 Å². The Kier molecular flexibility index (Phi) is 5.17. The molecule has 4 heteroatoms. The molecule has 0 aromatic carbocycles. The Bertz CT molecular complexity index is 221. The van der Waals surface area contributed by atoms with E-state index in [2.05, 4.69) is 13.5 Å². The molecule has 2 N–H and O–H groups in total. The van der Waals surface area contributed by atoms with Gasteiger partial charge in [0, 0.05) is 0 Å². The van der Waals surface area contributed by atoms with Crippen molar-refractivity contribution in [3.63, 3.8) is 0 Å². The molecule has 0 aliphatic carbocycles. The third kappa shape index (κ3) is 4.51. The van der Waals surface area contributed by atoms with Gasteiger partial charge in [0.2, 0.25) is 10.0 Å². The monoisotopic (exact) mass is 191 g/mol. The fourth-order valence-electron chi connectivity index (χ4n) is 1.01. The Morgan fingerprint density at radius 1 is 1.50 bits per heavy atom. The lowest BCUT2D eigenvalue weighted by atomic mass is 10.1. The van der Waals surface area contributed by atoms with Gasteiger partial charge in [0.25, 0.3) is 0 Å². The van der Waals surface area contributed by atoms with E-state index in [0.717, 1.165) is 19.3 Å². The molecule has 0 amide bonds. The maximum atomic E-state index is 10.9. The van der Waals surface area contributed by atoms with Gasteiger partial charge in [-0.25, -0.2) is 13.6 Å². The predicted molar refractivity (Wildman–Crippen MR) is 51.2 cm³/mol. The summed E-state index contributed by atoms with van der Waals surface area (Å²) < 4.78 is 21.7. The minimum atomic E-state index is -3.41. The molecule has 0 radical (unpaired) electrons. The fraction of sp³-hybridized carbons (Fsp3) is 0.750. The average Bonchev–Trinajstić information content (AvgIpc) is 1.95. The normalized spacial score (nSPS) is 14.2. The van der Waals surface area contributed by atoms with Gasteiger partial charge in [-0.3, -0.25) is 0 Å². The zero-order chi connectivity index (χ0) is 9.61. The van der Waals surface area contributed by atoms with Crippen molar-refractivity contribution in [2.24, 2.45) is 5.14 Å². The van der Waals surface area contributed by atoms with Crippen molar-refractivity contribution in [3.8, 4) is 0 Å². The highest BCUT2D eigenvalue weighted by molar-refractivity contribution is 7.89. The van der Waals surface area contributed by atoms with Crippen molar-refractivity contribution < 1.29 is 8.42 Å². The molecule has 0 aliphatic heterocycles. The lowest BCUT2D eigenvalue weighted by Gasteiger charge is -2.08. The highest BCUT2D eigenvalue weighted by Crippen LogP contribution is 2.09. The first-order valence-corrected chi connectivity index (χ1v) is 5.77. The highest BCUT2D eigenvalue weighted by Gasteiger charge is 2.16. The molecule has 1 unspecified atom stereocenters. The summed E-state index contributed by atoms with van der Waals surface area (Å²) in [7, 11) is -3.41. The van der Waals surface area contributed by atoms with Gasteiger partial charge in [-0.15, -0.1) is 6.58 Å². The first-order valence-electron chi connectivity index (χ1n) is 4.16. The molecule has 3 nitrogen and oxygen atoms in total. The summed E-state index contributed by atoms with van der Waals surface area (Å²) in [5.41, 5.74) is 0. The second-order valence-corrected chi connectivity index (χ2v) is 4.64. The van der Waals surface area contributed by atoms with Crippen LogP contribution in [-0.2, 0) is 10.0 Å². The molecule has 0 saturated heterocycles. The van der Waals surface area contributed by atoms with Crippen LogP contribution in [0.1, 0.15) is 32.6 Å². The van der Waals surface area contributed by atoms with E-state index in [1.807, 2.05) is 0 Å². The largest absolute Gasteiger partial charge is 0.228 e. The maximum Gasteiger partial charge on any atom is 0.215 e. The minimum Gasteiger partial charge on any atom is -0.228 e. The second-order valence-electron chi connectivity index (χ2n) is 2.86. The number of unbranched alkanes of at least 4 members (excludes halogenated alkanes) is 2. The molecule has 0 aliphatic rings. The zero-order valence-electron chi connectivity index (χ0n) is 7.49. The maximum absolute atomic E-state index is 10.9. The van der Waals surface area contributed by atoms with Gasteiger partial charge in [-0.2, -0.15) is 0 Å². The van der Waals surface area contributed by atoms with Gasteiger partial charge in [-0.1, -0.05) is 32.3 Å². The van der Waals surface area contributed by atoms with E-state index in [-0.39, 0.29) is 0 Å². The molecule has 0 aromatic rings. The minimum absolute atomic E-state index is 0.566. The number of hydrogen-bond donors (Lipinski definition) is 1. The molecule has 0 bridgehead atoms. The molecular formula is C8H17NO2S. The van der Waals surface area contributed by atoms with Crippen LogP contribution in [-0.4, -0.2) is 13.7 Å². The Hall–Kier alpha value is -0.350. The van der Waals surface area contributed by atoms with Crippen molar-refractivity contribution in [1.29, 1.82) is 0 Å². The highest BCUT2D eigenvalue weighted by atomic mass is 32.2. The summed E-state index contributed by atoms with van der Waals surface area (Å²) in [6, 6.07) is 0. The smallest absolute Gasteiger partial charge is 0.215 e. The van der Waals surface area contributed by atoms with E-state index in [1.165, 1.54) is 6.08 Å². The second kappa shape index (κ2) is 5.32. The molecular weight excluding hydrogens is 174 g/mol. The lowest BCUT2D eigenvalue weighted by molar-refractivity contribution is 0.577. The van der Waals surface area contributed by atoms with Gasteiger partial charge < -0.3 is 0 Å². The summed E-state index contributed by atoms with van der Waals surface area (Å²) >= 11 is 0. The van der Waals surface area contributed by atoms with E-state index in [4.69, 9.17) is 5.14 Å². The SMILES string of the molecule is C=CC(CCCCC)S(N)(=O)=O. The van der Waals surface area contributed by atoms with Gasteiger partial charge in [0.1, 0.15) is 0 Å². The van der Waals surface area contributed by atoms with Gasteiger partial charge in [0.05, 0.1) is 5.25 Å². The van der Waals surface area contributed by atoms with Crippen LogP contribution in [0.3, 0.4) is 0 Å². The van der Waals surface area contributed by atoms with Crippen LogP contribution in [0.25, 0.3) is 0 Å².